The summed E-state index contributed by atoms with van der Waals surface area (Å²) in [6, 6.07) is 20.5. The predicted molar refractivity (Wildman–Crippen MR) is 208 cm³/mol. The Bertz CT molecular complexity index is 2360. The Balaban J connectivity index is 0.00000245. The van der Waals surface area contributed by atoms with E-state index in [1.165, 1.54) is 17.1 Å². The van der Waals surface area contributed by atoms with Gasteiger partial charge in [-0.2, -0.15) is 0 Å². The van der Waals surface area contributed by atoms with E-state index < -0.39 is 6.16 Å². The van der Waals surface area contributed by atoms with Crippen LogP contribution in [0.3, 0.4) is 0 Å². The van der Waals surface area contributed by atoms with Gasteiger partial charge in [-0.15, -0.1) is 0 Å². The van der Waals surface area contributed by atoms with Crippen LogP contribution >= 0.6 is 0 Å². The summed E-state index contributed by atoms with van der Waals surface area (Å²) >= 11 is 0. The van der Waals surface area contributed by atoms with E-state index in [0.717, 1.165) is 73.7 Å². The molecule has 11 heteroatoms. The van der Waals surface area contributed by atoms with Gasteiger partial charge in [0.1, 0.15) is 6.61 Å². The molecule has 278 valence electrons. The first kappa shape index (κ1) is 37.7. The van der Waals surface area contributed by atoms with Crippen LogP contribution < -0.4 is 10.9 Å². The molecule has 4 heterocycles. The van der Waals surface area contributed by atoms with Crippen molar-refractivity contribution >= 4 is 45.6 Å². The fraction of sp³-hybridized carbons (Fsp3) is 0.302. The van der Waals surface area contributed by atoms with Gasteiger partial charge < -0.3 is 19.7 Å². The van der Waals surface area contributed by atoms with E-state index in [1.807, 2.05) is 38.1 Å². The monoisotopic (exact) mass is 728 g/mol. The Hall–Kier alpha value is -6.10. The minimum Gasteiger partial charge on any atom is -0.450 e. The van der Waals surface area contributed by atoms with Crippen molar-refractivity contribution in [3.05, 3.63) is 111 Å². The molecule has 2 aliphatic heterocycles. The molecule has 2 N–H and O–H groups in total. The predicted octanol–water partition coefficient (Wildman–Crippen LogP) is 7.44. The number of hydrogen-bond donors (Lipinski definition) is 2. The number of fused-ring (bicyclic) bond motifs is 6. The fourth-order valence-electron chi connectivity index (χ4n) is 7.27. The van der Waals surface area contributed by atoms with Gasteiger partial charge in [0.15, 0.2) is 0 Å². The van der Waals surface area contributed by atoms with Crippen molar-refractivity contribution in [2.24, 2.45) is 0 Å². The summed E-state index contributed by atoms with van der Waals surface area (Å²) in [6.07, 6.45) is 4.35. The third-order valence-electron chi connectivity index (χ3n) is 10.0. The van der Waals surface area contributed by atoms with Gasteiger partial charge >= 0.3 is 6.16 Å². The zero-order chi connectivity index (χ0) is 38.5. The number of nitrogens with zero attached hydrogens (tertiary/aromatic N) is 3. The number of amides is 3. The standard InChI is InChI=1S/C41H38N4O7.C2H6/c1-3-29-31-22-45-34(19-24(2)32(40(45)49)23-52-41(50)51)39(31)43-33-15-14-27-12-13-28(20-30(27)38(29)33)26-10-8-25(9-11-26)21-42-35(46)7-5-4-6-18-44-36(47)16-17-37(44)48;1-2/h8-17,19-20H,3-7,18,21-23H2,1-2H3,(H,42,46)(H,50,51);1-2H3. The normalized spacial score (nSPS) is 12.9. The van der Waals surface area contributed by atoms with Gasteiger partial charge in [-0.05, 0) is 83.0 Å². The van der Waals surface area contributed by atoms with Crippen LogP contribution in [0.1, 0.15) is 74.3 Å². The third-order valence-corrected chi connectivity index (χ3v) is 10.0. The molecule has 11 nitrogen and oxygen atoms in total. The number of aromatic nitrogens is 2. The number of hydrogen-bond acceptors (Lipinski definition) is 7. The van der Waals surface area contributed by atoms with Gasteiger partial charge in [-0.3, -0.25) is 24.1 Å². The van der Waals surface area contributed by atoms with Crippen LogP contribution in [-0.2, 0) is 45.2 Å². The smallest absolute Gasteiger partial charge is 0.450 e. The van der Waals surface area contributed by atoms with Crippen molar-refractivity contribution in [2.45, 2.75) is 79.5 Å². The highest BCUT2D eigenvalue weighted by molar-refractivity contribution is 6.13. The van der Waals surface area contributed by atoms with Gasteiger partial charge in [0.05, 0.1) is 29.0 Å². The van der Waals surface area contributed by atoms with Crippen LogP contribution in [0.25, 0.3) is 44.2 Å². The Morgan fingerprint density at radius 3 is 2.30 bits per heavy atom. The number of ether oxygens (including phenoxy) is 1. The first-order valence-corrected chi connectivity index (χ1v) is 18.5. The SMILES string of the molecule is CC.CCc1c2c(nc3ccc4ccc(-c5ccc(CNC(=O)CCCCCN6C(=O)C=CC6=O)cc5)cc4c13)-c1cc(C)c(COC(=O)O)c(=O)n1C2. The average Bonchev–Trinajstić information content (AvgIpc) is 3.71. The molecule has 0 aliphatic carbocycles. The van der Waals surface area contributed by atoms with Crippen LogP contribution in [0.4, 0.5) is 4.79 Å². The largest absolute Gasteiger partial charge is 0.506 e. The number of carboxylic acid groups (broad SMARTS) is 1. The van der Waals surface area contributed by atoms with Gasteiger partial charge in [0, 0.05) is 42.6 Å². The molecule has 5 aromatic rings. The number of pyridine rings is 2. The Morgan fingerprint density at radius 1 is 0.889 bits per heavy atom. The minimum atomic E-state index is -1.42. The molecule has 0 atom stereocenters. The van der Waals surface area contributed by atoms with E-state index in [0.29, 0.717) is 50.0 Å². The zero-order valence-electron chi connectivity index (χ0n) is 31.0. The second kappa shape index (κ2) is 16.3. The quantitative estimate of drug-likeness (QED) is 0.0572. The molecule has 3 aromatic carbocycles. The molecule has 0 unspecified atom stereocenters. The van der Waals surface area contributed by atoms with Crippen molar-refractivity contribution in [1.82, 2.24) is 19.8 Å². The van der Waals surface area contributed by atoms with Crippen LogP contribution in [0, 0.1) is 6.92 Å². The molecule has 0 saturated heterocycles. The topological polar surface area (TPSA) is 148 Å². The lowest BCUT2D eigenvalue weighted by atomic mass is 9.92. The van der Waals surface area contributed by atoms with Gasteiger partial charge in [0.2, 0.25) is 5.91 Å². The molecular weight excluding hydrogens is 684 g/mol. The van der Waals surface area contributed by atoms with Crippen LogP contribution in [0.5, 0.6) is 0 Å². The summed E-state index contributed by atoms with van der Waals surface area (Å²) in [7, 11) is 0. The number of unbranched alkanes of at least 4 members (excludes halogenated alkanes) is 2. The molecule has 54 heavy (non-hydrogen) atoms. The number of benzene rings is 3. The van der Waals surface area contributed by atoms with Crippen molar-refractivity contribution < 1.29 is 29.0 Å². The first-order valence-electron chi connectivity index (χ1n) is 18.5. The molecule has 7 rings (SSSR count). The molecule has 0 fully saturated rings. The molecule has 0 saturated carbocycles. The first-order chi connectivity index (χ1) is 26.1. The Kier molecular flexibility index (Phi) is 11.4. The Labute approximate surface area is 313 Å². The summed E-state index contributed by atoms with van der Waals surface area (Å²) < 4.78 is 6.42. The fourth-order valence-corrected chi connectivity index (χ4v) is 7.27. The summed E-state index contributed by atoms with van der Waals surface area (Å²) in [5.74, 6) is -0.594. The summed E-state index contributed by atoms with van der Waals surface area (Å²) in [4.78, 5) is 66.6. The van der Waals surface area contributed by atoms with Crippen molar-refractivity contribution in [2.75, 3.05) is 6.54 Å². The zero-order valence-corrected chi connectivity index (χ0v) is 31.0. The third kappa shape index (κ3) is 7.52. The number of aryl methyl sites for hydroxylation is 2. The molecule has 0 radical (unpaired) electrons. The van der Waals surface area contributed by atoms with E-state index in [1.54, 1.807) is 11.5 Å². The van der Waals surface area contributed by atoms with Crippen molar-refractivity contribution in [3.8, 4) is 22.5 Å². The molecule has 3 amide bonds. The maximum absolute atomic E-state index is 13.5. The maximum atomic E-state index is 13.5. The number of imide groups is 1. The van der Waals surface area contributed by atoms with Gasteiger partial charge in [-0.1, -0.05) is 69.7 Å². The Morgan fingerprint density at radius 2 is 1.59 bits per heavy atom. The van der Waals surface area contributed by atoms with E-state index in [4.69, 9.17) is 14.8 Å². The number of carbonyl (C=O) groups is 4. The summed E-state index contributed by atoms with van der Waals surface area (Å²) in [6.45, 7) is 8.74. The van der Waals surface area contributed by atoms with Gasteiger partial charge in [-0.25, -0.2) is 9.78 Å². The second-order valence-electron chi connectivity index (χ2n) is 13.2. The van der Waals surface area contributed by atoms with Crippen LogP contribution in [0.2, 0.25) is 0 Å². The average molecular weight is 729 g/mol. The van der Waals surface area contributed by atoms with Crippen molar-refractivity contribution in [3.63, 3.8) is 0 Å². The minimum absolute atomic E-state index is 0.0388. The summed E-state index contributed by atoms with van der Waals surface area (Å²) in [5, 5.41) is 15.2. The number of carbonyl (C=O) groups excluding carboxylic acids is 3. The van der Waals surface area contributed by atoms with Crippen molar-refractivity contribution in [1.29, 1.82) is 0 Å². The lowest BCUT2D eigenvalue weighted by molar-refractivity contribution is -0.137. The van der Waals surface area contributed by atoms with E-state index in [-0.39, 0.29) is 29.9 Å². The van der Waals surface area contributed by atoms with Crippen LogP contribution in [-0.4, -0.2) is 50.0 Å². The molecule has 0 bridgehead atoms. The van der Waals surface area contributed by atoms with E-state index >= 15 is 0 Å². The number of nitrogens with one attached hydrogen (secondary N) is 1. The van der Waals surface area contributed by atoms with Crippen LogP contribution in [0.15, 0.2) is 77.6 Å². The molecule has 2 aromatic heterocycles. The van der Waals surface area contributed by atoms with E-state index in [9.17, 15) is 24.0 Å². The van der Waals surface area contributed by atoms with E-state index in [2.05, 4.69) is 48.6 Å². The highest BCUT2D eigenvalue weighted by atomic mass is 16.7. The summed E-state index contributed by atoms with van der Waals surface area (Å²) in [5.41, 5.74) is 8.27. The molecular formula is C43H44N4O7. The highest BCUT2D eigenvalue weighted by Crippen LogP contribution is 2.39. The maximum Gasteiger partial charge on any atom is 0.506 e. The highest BCUT2D eigenvalue weighted by Gasteiger charge is 2.28. The lowest BCUT2D eigenvalue weighted by Crippen LogP contribution is -2.30. The lowest BCUT2D eigenvalue weighted by Gasteiger charge is -2.14. The second-order valence-corrected chi connectivity index (χ2v) is 13.2. The molecule has 0 spiro atoms. The van der Waals surface area contributed by atoms with Gasteiger partial charge in [0.25, 0.3) is 17.4 Å². The number of rotatable bonds is 12. The molecule has 2 aliphatic rings.